The molecule has 1 aromatic heterocycles. The Labute approximate surface area is 145 Å². The smallest absolute Gasteiger partial charge is 0.251 e. The number of aliphatic hydroxyl groups is 1. The van der Waals surface area contributed by atoms with Gasteiger partial charge in [-0.1, -0.05) is 36.4 Å². The monoisotopic (exact) mass is 336 g/mol. The van der Waals surface area contributed by atoms with Crippen LogP contribution < -0.4 is 10.6 Å². The number of nitrogens with one attached hydrogen (secondary N) is 3. The Bertz CT molecular complexity index is 830. The van der Waals surface area contributed by atoms with Gasteiger partial charge < -0.3 is 15.7 Å². The fourth-order valence-corrected chi connectivity index (χ4v) is 2.45. The topological polar surface area (TPSA) is 90.0 Å². The van der Waals surface area contributed by atoms with Gasteiger partial charge in [0.15, 0.2) is 0 Å². The van der Waals surface area contributed by atoms with Crippen molar-refractivity contribution >= 4 is 11.6 Å². The zero-order valence-electron chi connectivity index (χ0n) is 13.7. The summed E-state index contributed by atoms with van der Waals surface area (Å²) in [6.07, 6.45) is 0. The Morgan fingerprint density at radius 1 is 1.08 bits per heavy atom. The summed E-state index contributed by atoms with van der Waals surface area (Å²) < 4.78 is 0. The summed E-state index contributed by atoms with van der Waals surface area (Å²) in [5, 5.41) is 22.0. The molecule has 0 aliphatic rings. The number of carbonyl (C=O) groups is 1. The third kappa shape index (κ3) is 4.45. The highest BCUT2D eigenvalue weighted by molar-refractivity contribution is 5.95. The SMILES string of the molecule is O=C(NCCO)c1cccc(NCc2cc(-c3ccccc3)n[nH]2)c1. The predicted molar refractivity (Wildman–Crippen MR) is 97.2 cm³/mol. The second-order valence-electron chi connectivity index (χ2n) is 5.56. The first-order valence-corrected chi connectivity index (χ1v) is 8.09. The molecule has 3 aromatic rings. The maximum absolute atomic E-state index is 11.9. The van der Waals surface area contributed by atoms with Crippen molar-refractivity contribution in [2.24, 2.45) is 0 Å². The quantitative estimate of drug-likeness (QED) is 0.533. The number of aliphatic hydroxyl groups excluding tert-OH is 1. The molecule has 0 spiro atoms. The first-order valence-electron chi connectivity index (χ1n) is 8.09. The lowest BCUT2D eigenvalue weighted by Gasteiger charge is -2.07. The second kappa shape index (κ2) is 8.12. The fraction of sp³-hybridized carbons (Fsp3) is 0.158. The van der Waals surface area contributed by atoms with E-state index < -0.39 is 0 Å². The van der Waals surface area contributed by atoms with Gasteiger partial charge in [-0.3, -0.25) is 9.89 Å². The Morgan fingerprint density at radius 3 is 2.72 bits per heavy atom. The Balaban J connectivity index is 1.62. The van der Waals surface area contributed by atoms with Gasteiger partial charge in [-0.15, -0.1) is 0 Å². The third-order valence-electron chi connectivity index (χ3n) is 3.71. The van der Waals surface area contributed by atoms with Crippen LogP contribution in [0.2, 0.25) is 0 Å². The largest absolute Gasteiger partial charge is 0.395 e. The molecule has 0 saturated heterocycles. The summed E-state index contributed by atoms with van der Waals surface area (Å²) in [7, 11) is 0. The molecule has 0 radical (unpaired) electrons. The first-order chi connectivity index (χ1) is 12.3. The highest BCUT2D eigenvalue weighted by Crippen LogP contribution is 2.18. The van der Waals surface area contributed by atoms with Crippen molar-refractivity contribution in [1.29, 1.82) is 0 Å². The van der Waals surface area contributed by atoms with Crippen LogP contribution in [0.5, 0.6) is 0 Å². The van der Waals surface area contributed by atoms with Gasteiger partial charge in [-0.2, -0.15) is 5.10 Å². The average Bonchev–Trinajstić information content (AvgIpc) is 3.14. The minimum absolute atomic E-state index is 0.0761. The van der Waals surface area contributed by atoms with Gasteiger partial charge in [-0.25, -0.2) is 0 Å². The van der Waals surface area contributed by atoms with Crippen LogP contribution >= 0.6 is 0 Å². The van der Waals surface area contributed by atoms with Crippen molar-refractivity contribution in [3.05, 3.63) is 71.9 Å². The summed E-state index contributed by atoms with van der Waals surface area (Å²) in [5.74, 6) is -0.203. The number of hydrogen-bond donors (Lipinski definition) is 4. The molecule has 2 aromatic carbocycles. The molecule has 6 heteroatoms. The number of carbonyl (C=O) groups excluding carboxylic acids is 1. The lowest BCUT2D eigenvalue weighted by Crippen LogP contribution is -2.26. The molecule has 0 saturated carbocycles. The number of nitrogens with zero attached hydrogens (tertiary/aromatic N) is 1. The standard InChI is InChI=1S/C19H20N4O2/c24-10-9-20-19(25)15-7-4-8-16(11-15)21-13-17-12-18(23-22-17)14-5-2-1-3-6-14/h1-8,11-12,21,24H,9-10,13H2,(H,20,25)(H,22,23). The molecule has 6 nitrogen and oxygen atoms in total. The normalized spacial score (nSPS) is 10.4. The zero-order valence-corrected chi connectivity index (χ0v) is 13.7. The molecule has 128 valence electrons. The third-order valence-corrected chi connectivity index (χ3v) is 3.71. The highest BCUT2D eigenvalue weighted by Gasteiger charge is 2.06. The average molecular weight is 336 g/mol. The van der Waals surface area contributed by atoms with Gasteiger partial charge in [0.2, 0.25) is 0 Å². The van der Waals surface area contributed by atoms with Crippen LogP contribution in [0.1, 0.15) is 16.1 Å². The van der Waals surface area contributed by atoms with Crippen molar-refractivity contribution in [3.8, 4) is 11.3 Å². The van der Waals surface area contributed by atoms with Gasteiger partial charge >= 0.3 is 0 Å². The molecule has 0 bridgehead atoms. The molecule has 0 aliphatic carbocycles. The van der Waals surface area contributed by atoms with E-state index in [4.69, 9.17) is 5.11 Å². The number of benzene rings is 2. The van der Waals surface area contributed by atoms with Crippen molar-refractivity contribution in [2.45, 2.75) is 6.54 Å². The highest BCUT2D eigenvalue weighted by atomic mass is 16.3. The summed E-state index contributed by atoms with van der Waals surface area (Å²) in [5.41, 5.74) is 4.30. The van der Waals surface area contributed by atoms with Crippen LogP contribution in [0.15, 0.2) is 60.7 Å². The van der Waals surface area contributed by atoms with Crippen LogP contribution in [0.25, 0.3) is 11.3 Å². The maximum Gasteiger partial charge on any atom is 0.251 e. The number of amides is 1. The van der Waals surface area contributed by atoms with Crippen LogP contribution in [0, 0.1) is 0 Å². The molecule has 0 atom stereocenters. The van der Waals surface area contributed by atoms with Gasteiger partial charge in [0, 0.05) is 23.4 Å². The molecule has 1 heterocycles. The maximum atomic E-state index is 11.9. The Hall–Kier alpha value is -3.12. The summed E-state index contributed by atoms with van der Waals surface area (Å²) in [6.45, 7) is 0.738. The molecule has 3 rings (SSSR count). The molecular formula is C19H20N4O2. The number of anilines is 1. The minimum atomic E-state index is -0.203. The van der Waals surface area contributed by atoms with E-state index in [1.165, 1.54) is 0 Å². The number of aromatic amines is 1. The zero-order chi connectivity index (χ0) is 17.5. The molecule has 0 fully saturated rings. The van der Waals surface area contributed by atoms with E-state index in [1.807, 2.05) is 48.5 Å². The number of aromatic nitrogens is 2. The van der Waals surface area contributed by atoms with E-state index in [-0.39, 0.29) is 19.1 Å². The summed E-state index contributed by atoms with van der Waals surface area (Å²) in [4.78, 5) is 11.9. The Morgan fingerprint density at radius 2 is 1.92 bits per heavy atom. The van der Waals surface area contributed by atoms with E-state index in [0.717, 1.165) is 22.6 Å². The predicted octanol–water partition coefficient (Wildman–Crippen LogP) is 2.41. The molecule has 4 N–H and O–H groups in total. The summed E-state index contributed by atoms with van der Waals surface area (Å²) in [6, 6.07) is 19.2. The van der Waals surface area contributed by atoms with E-state index in [1.54, 1.807) is 12.1 Å². The van der Waals surface area contributed by atoms with Gasteiger partial charge in [0.25, 0.3) is 5.91 Å². The van der Waals surface area contributed by atoms with Crippen LogP contribution in [0.4, 0.5) is 5.69 Å². The van der Waals surface area contributed by atoms with E-state index in [9.17, 15) is 4.79 Å². The van der Waals surface area contributed by atoms with E-state index in [0.29, 0.717) is 12.1 Å². The Kier molecular flexibility index (Phi) is 5.43. The molecule has 25 heavy (non-hydrogen) atoms. The molecule has 0 aliphatic heterocycles. The molecular weight excluding hydrogens is 316 g/mol. The van der Waals surface area contributed by atoms with E-state index in [2.05, 4.69) is 20.8 Å². The van der Waals surface area contributed by atoms with Gasteiger partial charge in [0.05, 0.1) is 24.5 Å². The fourth-order valence-electron chi connectivity index (χ4n) is 2.45. The number of rotatable bonds is 7. The number of H-pyrrole nitrogens is 1. The molecule has 0 unspecified atom stereocenters. The minimum Gasteiger partial charge on any atom is -0.395 e. The second-order valence-corrected chi connectivity index (χ2v) is 5.56. The number of hydrogen-bond acceptors (Lipinski definition) is 4. The van der Waals surface area contributed by atoms with Gasteiger partial charge in [-0.05, 0) is 24.3 Å². The van der Waals surface area contributed by atoms with Crippen LogP contribution in [-0.2, 0) is 6.54 Å². The van der Waals surface area contributed by atoms with Gasteiger partial charge in [0.1, 0.15) is 0 Å². The van der Waals surface area contributed by atoms with Crippen molar-refractivity contribution in [3.63, 3.8) is 0 Å². The van der Waals surface area contributed by atoms with Crippen molar-refractivity contribution < 1.29 is 9.90 Å². The lowest BCUT2D eigenvalue weighted by molar-refractivity contribution is 0.0945. The molecule has 1 amide bonds. The first kappa shape index (κ1) is 16.7. The van der Waals surface area contributed by atoms with Crippen molar-refractivity contribution in [1.82, 2.24) is 15.5 Å². The van der Waals surface area contributed by atoms with E-state index >= 15 is 0 Å². The van der Waals surface area contributed by atoms with Crippen LogP contribution in [-0.4, -0.2) is 34.4 Å². The van der Waals surface area contributed by atoms with Crippen LogP contribution in [0.3, 0.4) is 0 Å². The summed E-state index contributed by atoms with van der Waals surface area (Å²) >= 11 is 0. The van der Waals surface area contributed by atoms with Crippen molar-refractivity contribution in [2.75, 3.05) is 18.5 Å². The lowest BCUT2D eigenvalue weighted by atomic mass is 10.1.